The van der Waals surface area contributed by atoms with Crippen LogP contribution in [0.2, 0.25) is 0 Å². The van der Waals surface area contributed by atoms with Crippen molar-refractivity contribution >= 4 is 45.3 Å². The molecule has 0 aliphatic rings. The zero-order chi connectivity index (χ0) is 12.1. The third kappa shape index (κ3) is 3.56. The van der Waals surface area contributed by atoms with Gasteiger partial charge in [0.2, 0.25) is 0 Å². The van der Waals surface area contributed by atoms with E-state index >= 15 is 0 Å². The van der Waals surface area contributed by atoms with Gasteiger partial charge in [0.05, 0.1) is 0 Å². The van der Waals surface area contributed by atoms with Gasteiger partial charge in [0.25, 0.3) is 0 Å². The molecular formula is C13H13NS3. The molecule has 4 heteroatoms. The highest BCUT2D eigenvalue weighted by molar-refractivity contribution is 8.22. The summed E-state index contributed by atoms with van der Waals surface area (Å²) >= 11 is 8.90. The van der Waals surface area contributed by atoms with Crippen molar-refractivity contribution in [2.45, 2.75) is 5.75 Å². The summed E-state index contributed by atoms with van der Waals surface area (Å²) in [6.45, 7) is 0. The molecule has 0 N–H and O–H groups in total. The molecule has 0 saturated heterocycles. The second-order valence-electron chi connectivity index (χ2n) is 3.53. The highest BCUT2D eigenvalue weighted by Crippen LogP contribution is 2.22. The molecule has 0 unspecified atom stereocenters. The first kappa shape index (κ1) is 12.6. The summed E-state index contributed by atoms with van der Waals surface area (Å²) in [5, 5.41) is 2.10. The Bertz CT molecular complexity index is 465. The first-order valence-electron chi connectivity index (χ1n) is 5.25. The molecule has 0 atom stereocenters. The number of para-hydroxylation sites is 1. The van der Waals surface area contributed by atoms with E-state index in [0.717, 1.165) is 15.8 Å². The van der Waals surface area contributed by atoms with Crippen molar-refractivity contribution in [2.75, 3.05) is 11.9 Å². The molecule has 0 spiro atoms. The highest BCUT2D eigenvalue weighted by Gasteiger charge is 2.07. The number of rotatable bonds is 3. The van der Waals surface area contributed by atoms with E-state index in [4.69, 9.17) is 12.2 Å². The molecule has 2 aromatic rings. The largest absolute Gasteiger partial charge is 0.330 e. The predicted molar refractivity (Wildman–Crippen MR) is 83.1 cm³/mol. The molecule has 0 amide bonds. The topological polar surface area (TPSA) is 3.24 Å². The van der Waals surface area contributed by atoms with Crippen LogP contribution in [0.25, 0.3) is 0 Å². The maximum Gasteiger partial charge on any atom is 0.140 e. The van der Waals surface area contributed by atoms with Gasteiger partial charge in [-0.05, 0) is 23.6 Å². The minimum atomic E-state index is 0.907. The molecule has 1 nitrogen and oxygen atoms in total. The molecule has 2 rings (SSSR count). The van der Waals surface area contributed by atoms with E-state index in [1.54, 1.807) is 23.1 Å². The standard InChI is InChI=1S/C13H13NS3/c1-14(11-6-3-2-4-7-11)13(15)17-10-12-8-5-9-16-12/h2-9H,10H2,1H3. The van der Waals surface area contributed by atoms with Gasteiger partial charge in [0.15, 0.2) is 0 Å². The van der Waals surface area contributed by atoms with E-state index in [1.165, 1.54) is 4.88 Å². The van der Waals surface area contributed by atoms with Crippen molar-refractivity contribution in [1.29, 1.82) is 0 Å². The van der Waals surface area contributed by atoms with Crippen LogP contribution in [-0.2, 0) is 5.75 Å². The molecular weight excluding hydrogens is 266 g/mol. The van der Waals surface area contributed by atoms with Crippen LogP contribution in [0.5, 0.6) is 0 Å². The lowest BCUT2D eigenvalue weighted by molar-refractivity contribution is 1.31. The number of thiophene rings is 1. The van der Waals surface area contributed by atoms with E-state index in [-0.39, 0.29) is 0 Å². The smallest absolute Gasteiger partial charge is 0.140 e. The van der Waals surface area contributed by atoms with Crippen LogP contribution in [-0.4, -0.2) is 11.4 Å². The number of anilines is 1. The summed E-state index contributed by atoms with van der Waals surface area (Å²) in [5.41, 5.74) is 1.14. The number of benzene rings is 1. The fourth-order valence-corrected chi connectivity index (χ4v) is 3.26. The lowest BCUT2D eigenvalue weighted by Crippen LogP contribution is -2.21. The summed E-state index contributed by atoms with van der Waals surface area (Å²) in [7, 11) is 2.01. The van der Waals surface area contributed by atoms with Crippen LogP contribution >= 0.6 is 35.3 Å². The second-order valence-corrected chi connectivity index (χ2v) is 6.17. The molecule has 88 valence electrons. The van der Waals surface area contributed by atoms with E-state index < -0.39 is 0 Å². The minimum absolute atomic E-state index is 0.907. The van der Waals surface area contributed by atoms with Crippen LogP contribution in [0.3, 0.4) is 0 Å². The molecule has 0 bridgehead atoms. The number of thiocarbonyl (C=S) groups is 1. The summed E-state index contributed by atoms with van der Waals surface area (Å²) in [5.74, 6) is 0.952. The molecule has 17 heavy (non-hydrogen) atoms. The summed E-state index contributed by atoms with van der Waals surface area (Å²) in [6, 6.07) is 14.4. The Kier molecular flexibility index (Phi) is 4.59. The van der Waals surface area contributed by atoms with Crippen LogP contribution in [0, 0.1) is 0 Å². The van der Waals surface area contributed by atoms with Crippen LogP contribution in [0.1, 0.15) is 4.88 Å². The van der Waals surface area contributed by atoms with Gasteiger partial charge in [-0.1, -0.05) is 48.2 Å². The van der Waals surface area contributed by atoms with Crippen LogP contribution in [0.15, 0.2) is 47.8 Å². The number of nitrogens with zero attached hydrogens (tertiary/aromatic N) is 1. The Balaban J connectivity index is 1.92. The fraction of sp³-hybridized carbons (Fsp3) is 0.154. The van der Waals surface area contributed by atoms with Gasteiger partial charge in [0.1, 0.15) is 4.32 Å². The molecule has 1 aromatic heterocycles. The van der Waals surface area contributed by atoms with Crippen LogP contribution < -0.4 is 4.90 Å². The summed E-state index contributed by atoms with van der Waals surface area (Å²) in [6.07, 6.45) is 0. The van der Waals surface area contributed by atoms with Gasteiger partial charge in [0, 0.05) is 23.4 Å². The quantitative estimate of drug-likeness (QED) is 0.767. The summed E-state index contributed by atoms with van der Waals surface area (Å²) < 4.78 is 0.907. The first-order chi connectivity index (χ1) is 8.27. The Morgan fingerprint density at radius 1 is 1.24 bits per heavy atom. The second kappa shape index (κ2) is 6.19. The molecule has 0 radical (unpaired) electrons. The number of hydrogen-bond donors (Lipinski definition) is 0. The Morgan fingerprint density at radius 2 is 2.00 bits per heavy atom. The van der Waals surface area contributed by atoms with Crippen molar-refractivity contribution in [3.63, 3.8) is 0 Å². The Hall–Kier alpha value is -0.840. The van der Waals surface area contributed by atoms with Gasteiger partial charge in [-0.2, -0.15) is 0 Å². The lowest BCUT2D eigenvalue weighted by Gasteiger charge is -2.19. The highest BCUT2D eigenvalue weighted by atomic mass is 32.2. The molecule has 0 saturated carbocycles. The van der Waals surface area contributed by atoms with E-state index in [9.17, 15) is 0 Å². The van der Waals surface area contributed by atoms with Crippen molar-refractivity contribution in [3.05, 3.63) is 52.7 Å². The fourth-order valence-electron chi connectivity index (χ4n) is 1.38. The third-order valence-electron chi connectivity index (χ3n) is 2.34. The van der Waals surface area contributed by atoms with Gasteiger partial charge in [-0.3, -0.25) is 0 Å². The first-order valence-corrected chi connectivity index (χ1v) is 7.52. The van der Waals surface area contributed by atoms with Crippen molar-refractivity contribution < 1.29 is 0 Å². The SMILES string of the molecule is CN(C(=S)SCc1cccs1)c1ccccc1. The Morgan fingerprint density at radius 3 is 2.65 bits per heavy atom. The van der Waals surface area contributed by atoms with E-state index in [2.05, 4.69) is 29.6 Å². The van der Waals surface area contributed by atoms with Crippen molar-refractivity contribution in [2.24, 2.45) is 0 Å². The minimum Gasteiger partial charge on any atom is -0.330 e. The third-order valence-corrected chi connectivity index (χ3v) is 5.00. The monoisotopic (exact) mass is 279 g/mol. The van der Waals surface area contributed by atoms with Gasteiger partial charge < -0.3 is 4.90 Å². The predicted octanol–water partition coefficient (Wildman–Crippen LogP) is 4.40. The number of hydrogen-bond acceptors (Lipinski definition) is 3. The molecule has 0 aliphatic heterocycles. The Labute approximate surface area is 115 Å². The van der Waals surface area contributed by atoms with Gasteiger partial charge in [-0.15, -0.1) is 11.3 Å². The van der Waals surface area contributed by atoms with Crippen molar-refractivity contribution in [1.82, 2.24) is 0 Å². The van der Waals surface area contributed by atoms with Gasteiger partial charge >= 0.3 is 0 Å². The number of thioether (sulfide) groups is 1. The van der Waals surface area contributed by atoms with E-state index in [1.807, 2.05) is 30.1 Å². The normalized spacial score (nSPS) is 10.2. The zero-order valence-electron chi connectivity index (χ0n) is 9.50. The molecule has 1 aromatic carbocycles. The maximum absolute atomic E-state index is 5.43. The summed E-state index contributed by atoms with van der Waals surface area (Å²) in [4.78, 5) is 3.41. The molecule has 1 heterocycles. The van der Waals surface area contributed by atoms with Gasteiger partial charge in [-0.25, -0.2) is 0 Å². The average Bonchev–Trinajstić information content (AvgIpc) is 2.89. The molecule has 0 aliphatic carbocycles. The zero-order valence-corrected chi connectivity index (χ0v) is 11.9. The lowest BCUT2D eigenvalue weighted by atomic mass is 10.3. The molecule has 0 fully saturated rings. The van der Waals surface area contributed by atoms with E-state index in [0.29, 0.717) is 0 Å². The maximum atomic E-state index is 5.43. The van der Waals surface area contributed by atoms with Crippen LogP contribution in [0.4, 0.5) is 5.69 Å². The average molecular weight is 279 g/mol. The van der Waals surface area contributed by atoms with Crippen molar-refractivity contribution in [3.8, 4) is 0 Å².